The van der Waals surface area contributed by atoms with Crippen LogP contribution >= 0.6 is 0 Å². The minimum absolute atomic E-state index is 0.127. The molecule has 0 amide bonds. The lowest BCUT2D eigenvalue weighted by Gasteiger charge is -2.09. The molecule has 1 aliphatic carbocycles. The van der Waals surface area contributed by atoms with Gasteiger partial charge in [-0.2, -0.15) is 0 Å². The Kier molecular flexibility index (Phi) is 6.85. The van der Waals surface area contributed by atoms with E-state index in [0.29, 0.717) is 12.3 Å². The zero-order chi connectivity index (χ0) is 13.2. The van der Waals surface area contributed by atoms with Gasteiger partial charge in [0.15, 0.2) is 0 Å². The second-order valence-electron chi connectivity index (χ2n) is 4.44. The SMILES string of the molecule is COC(=O)CCCC=CC(C)C1=CC=CC=CC1. The van der Waals surface area contributed by atoms with Crippen molar-refractivity contribution in [2.75, 3.05) is 7.11 Å². The third-order valence-corrected chi connectivity index (χ3v) is 3.01. The number of unbranched alkanes of at least 4 members (excludes halogenated alkanes) is 1. The van der Waals surface area contributed by atoms with Gasteiger partial charge < -0.3 is 4.74 Å². The number of hydrogen-bond donors (Lipinski definition) is 0. The molecule has 2 nitrogen and oxygen atoms in total. The average molecular weight is 246 g/mol. The van der Waals surface area contributed by atoms with Crippen molar-refractivity contribution in [2.24, 2.45) is 5.92 Å². The highest BCUT2D eigenvalue weighted by molar-refractivity contribution is 5.69. The third-order valence-electron chi connectivity index (χ3n) is 3.01. The predicted molar refractivity (Wildman–Crippen MR) is 75.2 cm³/mol. The van der Waals surface area contributed by atoms with Crippen molar-refractivity contribution in [1.82, 2.24) is 0 Å². The molecule has 1 unspecified atom stereocenters. The van der Waals surface area contributed by atoms with Gasteiger partial charge in [0, 0.05) is 6.42 Å². The van der Waals surface area contributed by atoms with Crippen LogP contribution in [0.1, 0.15) is 32.6 Å². The van der Waals surface area contributed by atoms with Crippen molar-refractivity contribution in [2.45, 2.75) is 32.6 Å². The number of hydrogen-bond acceptors (Lipinski definition) is 2. The number of esters is 1. The molecule has 0 saturated carbocycles. The van der Waals surface area contributed by atoms with E-state index in [-0.39, 0.29) is 5.97 Å². The zero-order valence-electron chi connectivity index (χ0n) is 11.3. The number of rotatable bonds is 6. The van der Waals surface area contributed by atoms with Gasteiger partial charge in [-0.25, -0.2) is 0 Å². The van der Waals surface area contributed by atoms with Gasteiger partial charge in [0.25, 0.3) is 0 Å². The van der Waals surface area contributed by atoms with E-state index in [4.69, 9.17) is 0 Å². The van der Waals surface area contributed by atoms with Crippen LogP contribution in [0.2, 0.25) is 0 Å². The second-order valence-corrected chi connectivity index (χ2v) is 4.44. The van der Waals surface area contributed by atoms with Gasteiger partial charge in [0.05, 0.1) is 7.11 Å². The van der Waals surface area contributed by atoms with Crippen molar-refractivity contribution in [3.8, 4) is 0 Å². The maximum absolute atomic E-state index is 10.9. The molecule has 1 aliphatic rings. The standard InChI is InChI=1S/C16H22O2/c1-14(15-11-7-3-4-8-12-15)10-6-5-9-13-16(17)18-2/h3-4,6-8,10-11,14H,5,9,12-13H2,1-2H3. The monoisotopic (exact) mass is 246 g/mol. The topological polar surface area (TPSA) is 26.3 Å². The summed E-state index contributed by atoms with van der Waals surface area (Å²) >= 11 is 0. The number of carbonyl (C=O) groups excluding carboxylic acids is 1. The summed E-state index contributed by atoms with van der Waals surface area (Å²) in [7, 11) is 1.43. The highest BCUT2D eigenvalue weighted by atomic mass is 16.5. The molecule has 0 aromatic carbocycles. The first-order valence-electron chi connectivity index (χ1n) is 6.49. The van der Waals surface area contributed by atoms with Crippen molar-refractivity contribution < 1.29 is 9.53 Å². The minimum atomic E-state index is -0.127. The van der Waals surface area contributed by atoms with Crippen molar-refractivity contribution in [1.29, 1.82) is 0 Å². The Morgan fingerprint density at radius 2 is 2.28 bits per heavy atom. The van der Waals surface area contributed by atoms with Crippen LogP contribution in [0.5, 0.6) is 0 Å². The van der Waals surface area contributed by atoms with Crippen LogP contribution in [-0.4, -0.2) is 13.1 Å². The van der Waals surface area contributed by atoms with Gasteiger partial charge in [0.2, 0.25) is 0 Å². The molecule has 0 N–H and O–H groups in total. The molecule has 0 fully saturated rings. The Bertz CT molecular complexity index is 373. The minimum Gasteiger partial charge on any atom is -0.469 e. The van der Waals surface area contributed by atoms with Gasteiger partial charge in [-0.3, -0.25) is 4.79 Å². The van der Waals surface area contributed by atoms with Gasteiger partial charge in [-0.15, -0.1) is 0 Å². The number of methoxy groups -OCH3 is 1. The van der Waals surface area contributed by atoms with E-state index in [9.17, 15) is 4.79 Å². The normalized spacial score (nSPS) is 16.4. The average Bonchev–Trinajstić information content (AvgIpc) is 2.66. The Morgan fingerprint density at radius 1 is 1.44 bits per heavy atom. The first-order valence-corrected chi connectivity index (χ1v) is 6.49. The molecule has 0 aromatic heterocycles. The van der Waals surface area contributed by atoms with E-state index in [1.54, 1.807) is 0 Å². The smallest absolute Gasteiger partial charge is 0.305 e. The van der Waals surface area contributed by atoms with E-state index in [0.717, 1.165) is 19.3 Å². The molecule has 98 valence electrons. The quantitative estimate of drug-likeness (QED) is 0.403. The maximum atomic E-state index is 10.9. The van der Waals surface area contributed by atoms with E-state index in [1.165, 1.54) is 12.7 Å². The fourth-order valence-electron chi connectivity index (χ4n) is 1.82. The molecule has 1 atom stereocenters. The first-order chi connectivity index (χ1) is 8.74. The Hall–Kier alpha value is -1.57. The summed E-state index contributed by atoms with van der Waals surface area (Å²) in [5.41, 5.74) is 1.42. The predicted octanol–water partition coefficient (Wildman–Crippen LogP) is 3.96. The Balaban J connectivity index is 2.29. The summed E-state index contributed by atoms with van der Waals surface area (Å²) in [4.78, 5) is 10.9. The molecule has 0 bridgehead atoms. The summed E-state index contributed by atoms with van der Waals surface area (Å²) in [6.07, 6.45) is 18.3. The van der Waals surface area contributed by atoms with Gasteiger partial charge in [-0.05, 0) is 25.2 Å². The van der Waals surface area contributed by atoms with Crippen molar-refractivity contribution in [3.63, 3.8) is 0 Å². The molecule has 0 aromatic rings. The number of carbonyl (C=O) groups is 1. The maximum Gasteiger partial charge on any atom is 0.305 e. The summed E-state index contributed by atoms with van der Waals surface area (Å²) in [6, 6.07) is 0. The lowest BCUT2D eigenvalue weighted by atomic mass is 9.97. The highest BCUT2D eigenvalue weighted by Gasteiger charge is 2.03. The lowest BCUT2D eigenvalue weighted by molar-refractivity contribution is -0.140. The molecule has 0 spiro atoms. The Morgan fingerprint density at radius 3 is 3.06 bits per heavy atom. The van der Waals surface area contributed by atoms with Crippen LogP contribution < -0.4 is 0 Å². The van der Waals surface area contributed by atoms with E-state index < -0.39 is 0 Å². The summed E-state index contributed by atoms with van der Waals surface area (Å²) in [5.74, 6) is 0.328. The molecule has 0 aliphatic heterocycles. The van der Waals surface area contributed by atoms with Gasteiger partial charge >= 0.3 is 5.97 Å². The van der Waals surface area contributed by atoms with Crippen LogP contribution in [-0.2, 0) is 9.53 Å². The largest absolute Gasteiger partial charge is 0.469 e. The van der Waals surface area contributed by atoms with Crippen LogP contribution in [0.4, 0.5) is 0 Å². The van der Waals surface area contributed by atoms with Crippen molar-refractivity contribution in [3.05, 3.63) is 48.1 Å². The highest BCUT2D eigenvalue weighted by Crippen LogP contribution is 2.19. The lowest BCUT2D eigenvalue weighted by Crippen LogP contribution is -1.99. The molecule has 1 rings (SSSR count). The molecule has 0 heterocycles. The fraction of sp³-hybridized carbons (Fsp3) is 0.438. The van der Waals surface area contributed by atoms with E-state index in [1.807, 2.05) is 0 Å². The van der Waals surface area contributed by atoms with Crippen LogP contribution in [0.3, 0.4) is 0 Å². The zero-order valence-corrected chi connectivity index (χ0v) is 11.3. The number of allylic oxidation sites excluding steroid dienone is 8. The van der Waals surface area contributed by atoms with Crippen LogP contribution in [0.25, 0.3) is 0 Å². The third kappa shape index (κ3) is 5.67. The molecular formula is C16H22O2. The summed E-state index contributed by atoms with van der Waals surface area (Å²) in [5, 5.41) is 0. The van der Waals surface area contributed by atoms with Crippen molar-refractivity contribution >= 4 is 5.97 Å². The molecule has 2 heteroatoms. The van der Waals surface area contributed by atoms with E-state index >= 15 is 0 Å². The first kappa shape index (κ1) is 14.5. The van der Waals surface area contributed by atoms with Crippen LogP contribution in [0.15, 0.2) is 48.1 Å². The fourth-order valence-corrected chi connectivity index (χ4v) is 1.82. The summed E-state index contributed by atoms with van der Waals surface area (Å²) in [6.45, 7) is 2.20. The van der Waals surface area contributed by atoms with Gasteiger partial charge in [-0.1, -0.05) is 55.0 Å². The molecule has 0 saturated heterocycles. The Labute approximate surface area is 110 Å². The summed E-state index contributed by atoms with van der Waals surface area (Å²) < 4.78 is 4.60. The van der Waals surface area contributed by atoms with E-state index in [2.05, 4.69) is 54.2 Å². The van der Waals surface area contributed by atoms with Crippen LogP contribution in [0, 0.1) is 5.92 Å². The van der Waals surface area contributed by atoms with Gasteiger partial charge in [0.1, 0.15) is 0 Å². The number of ether oxygens (including phenoxy) is 1. The molecular weight excluding hydrogens is 224 g/mol. The second kappa shape index (κ2) is 8.51. The molecule has 18 heavy (non-hydrogen) atoms. The molecule has 0 radical (unpaired) electrons.